The van der Waals surface area contributed by atoms with Crippen LogP contribution in [0.25, 0.3) is 0 Å². The number of nitrogens with zero attached hydrogens (tertiary/aromatic N) is 1. The van der Waals surface area contributed by atoms with Gasteiger partial charge in [0.05, 0.1) is 5.69 Å². The number of nitrogens with two attached hydrogens (primary N) is 1. The molecule has 16 heavy (non-hydrogen) atoms. The third-order valence-corrected chi connectivity index (χ3v) is 3.69. The van der Waals surface area contributed by atoms with Crippen molar-refractivity contribution < 1.29 is 0 Å². The van der Waals surface area contributed by atoms with Gasteiger partial charge in [0.1, 0.15) is 0 Å². The molecule has 1 aliphatic carbocycles. The Balaban J connectivity index is 2.07. The fourth-order valence-electron chi connectivity index (χ4n) is 2.65. The SMILES string of the molecule is Cc1ccnc(C(N)C2CCCCCC2)c1. The molecular weight excluding hydrogens is 196 g/mol. The average Bonchev–Trinajstić information content (AvgIpc) is 2.56. The number of hydrogen-bond acceptors (Lipinski definition) is 2. The molecule has 2 heteroatoms. The molecule has 2 N–H and O–H groups in total. The van der Waals surface area contributed by atoms with Gasteiger partial charge in [0.15, 0.2) is 0 Å². The summed E-state index contributed by atoms with van der Waals surface area (Å²) in [6, 6.07) is 4.30. The maximum Gasteiger partial charge on any atom is 0.0576 e. The van der Waals surface area contributed by atoms with E-state index in [0.717, 1.165) is 5.69 Å². The highest BCUT2D eigenvalue weighted by Gasteiger charge is 2.21. The van der Waals surface area contributed by atoms with E-state index in [1.165, 1.54) is 44.1 Å². The fraction of sp³-hybridized carbons (Fsp3) is 0.643. The first-order valence-corrected chi connectivity index (χ1v) is 6.45. The topological polar surface area (TPSA) is 38.9 Å². The van der Waals surface area contributed by atoms with Crippen LogP contribution in [0.2, 0.25) is 0 Å². The molecule has 1 aromatic heterocycles. The summed E-state index contributed by atoms with van der Waals surface area (Å²) in [7, 11) is 0. The van der Waals surface area contributed by atoms with Gasteiger partial charge in [-0.25, -0.2) is 0 Å². The first-order chi connectivity index (χ1) is 7.77. The summed E-state index contributed by atoms with van der Waals surface area (Å²) in [4.78, 5) is 4.42. The largest absolute Gasteiger partial charge is 0.322 e. The summed E-state index contributed by atoms with van der Waals surface area (Å²) in [6.45, 7) is 2.10. The second-order valence-corrected chi connectivity index (χ2v) is 5.04. The Bertz CT molecular complexity index is 327. The second-order valence-electron chi connectivity index (χ2n) is 5.04. The van der Waals surface area contributed by atoms with Crippen molar-refractivity contribution in [3.8, 4) is 0 Å². The van der Waals surface area contributed by atoms with Crippen LogP contribution in [-0.2, 0) is 0 Å². The van der Waals surface area contributed by atoms with Crippen molar-refractivity contribution in [3.63, 3.8) is 0 Å². The minimum Gasteiger partial charge on any atom is -0.322 e. The fourth-order valence-corrected chi connectivity index (χ4v) is 2.65. The van der Waals surface area contributed by atoms with Crippen molar-refractivity contribution >= 4 is 0 Å². The number of rotatable bonds is 2. The van der Waals surface area contributed by atoms with Crippen molar-refractivity contribution in [3.05, 3.63) is 29.6 Å². The van der Waals surface area contributed by atoms with Crippen molar-refractivity contribution in [1.82, 2.24) is 4.98 Å². The lowest BCUT2D eigenvalue weighted by atomic mass is 9.90. The Morgan fingerprint density at radius 3 is 2.56 bits per heavy atom. The van der Waals surface area contributed by atoms with E-state index in [2.05, 4.69) is 18.0 Å². The van der Waals surface area contributed by atoms with Gasteiger partial charge < -0.3 is 5.73 Å². The van der Waals surface area contributed by atoms with Gasteiger partial charge in [-0.1, -0.05) is 25.7 Å². The molecule has 1 atom stereocenters. The molecule has 0 spiro atoms. The van der Waals surface area contributed by atoms with Crippen molar-refractivity contribution in [2.75, 3.05) is 0 Å². The van der Waals surface area contributed by atoms with Crippen LogP contribution < -0.4 is 5.73 Å². The minimum absolute atomic E-state index is 0.137. The predicted octanol–water partition coefficient (Wildman–Crippen LogP) is 3.36. The molecule has 2 nitrogen and oxygen atoms in total. The van der Waals surface area contributed by atoms with Gasteiger partial charge in [-0.05, 0) is 43.4 Å². The van der Waals surface area contributed by atoms with E-state index in [-0.39, 0.29) is 6.04 Å². The number of hydrogen-bond donors (Lipinski definition) is 1. The molecule has 88 valence electrons. The van der Waals surface area contributed by atoms with Crippen LogP contribution in [-0.4, -0.2) is 4.98 Å². The number of aromatic nitrogens is 1. The molecule has 0 aromatic carbocycles. The van der Waals surface area contributed by atoms with Gasteiger partial charge in [0.2, 0.25) is 0 Å². The smallest absolute Gasteiger partial charge is 0.0576 e. The van der Waals surface area contributed by atoms with Crippen LogP contribution in [0.1, 0.15) is 55.8 Å². The molecule has 2 rings (SSSR count). The lowest BCUT2D eigenvalue weighted by Gasteiger charge is -2.22. The van der Waals surface area contributed by atoms with Crippen LogP contribution in [0.4, 0.5) is 0 Å². The van der Waals surface area contributed by atoms with E-state index >= 15 is 0 Å². The first-order valence-electron chi connectivity index (χ1n) is 6.45. The quantitative estimate of drug-likeness (QED) is 0.773. The van der Waals surface area contributed by atoms with Gasteiger partial charge in [-0.2, -0.15) is 0 Å². The zero-order valence-corrected chi connectivity index (χ0v) is 10.2. The van der Waals surface area contributed by atoms with E-state index in [9.17, 15) is 0 Å². The Kier molecular flexibility index (Phi) is 3.94. The zero-order chi connectivity index (χ0) is 11.4. The third kappa shape index (κ3) is 2.82. The maximum absolute atomic E-state index is 6.35. The number of aryl methyl sites for hydroxylation is 1. The van der Waals surface area contributed by atoms with Gasteiger partial charge in [0, 0.05) is 12.2 Å². The molecule has 1 fully saturated rings. The van der Waals surface area contributed by atoms with Crippen molar-refractivity contribution in [1.29, 1.82) is 0 Å². The normalized spacial score (nSPS) is 20.4. The highest BCUT2D eigenvalue weighted by atomic mass is 14.8. The molecule has 1 aromatic rings. The zero-order valence-electron chi connectivity index (χ0n) is 10.2. The van der Waals surface area contributed by atoms with Crippen molar-refractivity contribution in [2.45, 2.75) is 51.5 Å². The average molecular weight is 218 g/mol. The van der Waals surface area contributed by atoms with Crippen molar-refractivity contribution in [2.24, 2.45) is 11.7 Å². The minimum atomic E-state index is 0.137. The molecule has 0 bridgehead atoms. The molecule has 1 unspecified atom stereocenters. The van der Waals surface area contributed by atoms with Crippen LogP contribution in [0.15, 0.2) is 18.3 Å². The molecule has 1 saturated carbocycles. The third-order valence-electron chi connectivity index (χ3n) is 3.69. The van der Waals surface area contributed by atoms with E-state index in [4.69, 9.17) is 5.73 Å². The number of pyridine rings is 1. The summed E-state index contributed by atoms with van der Waals surface area (Å²) in [5, 5.41) is 0. The van der Waals surface area contributed by atoms with Crippen LogP contribution >= 0.6 is 0 Å². The monoisotopic (exact) mass is 218 g/mol. The van der Waals surface area contributed by atoms with E-state index < -0.39 is 0 Å². The van der Waals surface area contributed by atoms with Gasteiger partial charge in [-0.3, -0.25) is 4.98 Å². The lowest BCUT2D eigenvalue weighted by molar-refractivity contribution is 0.376. The first kappa shape index (κ1) is 11.6. The van der Waals surface area contributed by atoms with E-state index in [1.54, 1.807) is 0 Å². The van der Waals surface area contributed by atoms with Gasteiger partial charge >= 0.3 is 0 Å². The van der Waals surface area contributed by atoms with Gasteiger partial charge in [0.25, 0.3) is 0 Å². The predicted molar refractivity (Wildman–Crippen MR) is 67.1 cm³/mol. The van der Waals surface area contributed by atoms with E-state index in [1.807, 2.05) is 12.3 Å². The Morgan fingerprint density at radius 2 is 1.94 bits per heavy atom. The van der Waals surface area contributed by atoms with Crippen LogP contribution in [0.3, 0.4) is 0 Å². The summed E-state index contributed by atoms with van der Waals surface area (Å²) in [5.41, 5.74) is 8.68. The van der Waals surface area contributed by atoms with E-state index in [0.29, 0.717) is 5.92 Å². The lowest BCUT2D eigenvalue weighted by Crippen LogP contribution is -2.22. The molecule has 1 heterocycles. The summed E-state index contributed by atoms with van der Waals surface area (Å²) in [6.07, 6.45) is 9.86. The molecule has 1 aliphatic rings. The second kappa shape index (κ2) is 5.44. The maximum atomic E-state index is 6.35. The van der Waals surface area contributed by atoms with Crippen LogP contribution in [0.5, 0.6) is 0 Å². The highest BCUT2D eigenvalue weighted by molar-refractivity contribution is 5.17. The van der Waals surface area contributed by atoms with Crippen LogP contribution in [0, 0.1) is 12.8 Å². The summed E-state index contributed by atoms with van der Waals surface area (Å²) in [5.74, 6) is 0.636. The standard InChI is InChI=1S/C14H22N2/c1-11-8-9-16-13(10-11)14(15)12-6-4-2-3-5-7-12/h8-10,12,14H,2-7,15H2,1H3. The Labute approximate surface area is 98.3 Å². The highest BCUT2D eigenvalue weighted by Crippen LogP contribution is 2.31. The molecule has 0 saturated heterocycles. The Morgan fingerprint density at radius 1 is 1.25 bits per heavy atom. The Hall–Kier alpha value is -0.890. The molecule has 0 radical (unpaired) electrons. The van der Waals surface area contributed by atoms with Gasteiger partial charge in [-0.15, -0.1) is 0 Å². The summed E-state index contributed by atoms with van der Waals surface area (Å²) >= 11 is 0. The summed E-state index contributed by atoms with van der Waals surface area (Å²) < 4.78 is 0. The molecule has 0 aliphatic heterocycles. The molecular formula is C14H22N2. The molecule has 0 amide bonds.